The molecule has 0 bridgehead atoms. The molecule has 0 saturated heterocycles. The lowest BCUT2D eigenvalue weighted by molar-refractivity contribution is 0.0936. The number of nitrogens with zero attached hydrogens (tertiary/aromatic N) is 1. The van der Waals surface area contributed by atoms with Crippen molar-refractivity contribution in [3.63, 3.8) is 0 Å². The summed E-state index contributed by atoms with van der Waals surface area (Å²) < 4.78 is 5.46. The number of benzene rings is 1. The zero-order chi connectivity index (χ0) is 10.3. The maximum Gasteiger partial charge on any atom is 0.170 e. The molecule has 0 saturated carbocycles. The Hall–Kier alpha value is -1.90. The second kappa shape index (κ2) is 3.05. The van der Waals surface area contributed by atoms with Gasteiger partial charge in [-0.05, 0) is 23.6 Å². The highest BCUT2D eigenvalue weighted by Gasteiger charge is 2.20. The summed E-state index contributed by atoms with van der Waals surface area (Å²) in [4.78, 5) is 15.8. The first kappa shape index (κ1) is 8.41. The van der Waals surface area contributed by atoms with Crippen LogP contribution >= 0.6 is 0 Å². The van der Waals surface area contributed by atoms with E-state index < -0.39 is 0 Å². The van der Waals surface area contributed by atoms with Gasteiger partial charge in [0.25, 0.3) is 0 Å². The molecule has 0 amide bonds. The van der Waals surface area contributed by atoms with Gasteiger partial charge in [-0.1, -0.05) is 0 Å². The Kier molecular flexibility index (Phi) is 1.71. The van der Waals surface area contributed by atoms with Crippen molar-refractivity contribution in [1.29, 1.82) is 0 Å². The zero-order valence-corrected chi connectivity index (χ0v) is 8.06. The van der Waals surface area contributed by atoms with E-state index in [4.69, 9.17) is 4.74 Å². The van der Waals surface area contributed by atoms with Crippen LogP contribution in [-0.4, -0.2) is 17.4 Å². The first-order chi connectivity index (χ1) is 7.36. The normalized spacial score (nSPS) is 14.8. The number of hydrogen-bond acceptors (Lipinski definition) is 3. The molecule has 1 aromatic carbocycles. The molecule has 2 aromatic rings. The van der Waals surface area contributed by atoms with Crippen molar-refractivity contribution < 1.29 is 9.53 Å². The molecule has 2 heterocycles. The van der Waals surface area contributed by atoms with Crippen LogP contribution in [-0.2, 0) is 0 Å². The highest BCUT2D eigenvalue weighted by molar-refractivity contribution is 6.10. The number of carbonyl (C=O) groups is 1. The molecule has 0 fully saturated rings. The molecule has 3 heteroatoms. The van der Waals surface area contributed by atoms with Crippen LogP contribution in [0.25, 0.3) is 10.8 Å². The number of carbonyl (C=O) groups excluding carboxylic acids is 1. The number of aromatic nitrogens is 1. The number of pyridine rings is 1. The smallest absolute Gasteiger partial charge is 0.170 e. The largest absolute Gasteiger partial charge is 0.492 e. The molecule has 0 radical (unpaired) electrons. The molecule has 0 N–H and O–H groups in total. The molecule has 3 nitrogen and oxygen atoms in total. The topological polar surface area (TPSA) is 39.2 Å². The third-order valence-electron chi connectivity index (χ3n) is 2.65. The van der Waals surface area contributed by atoms with E-state index in [1.165, 1.54) is 0 Å². The Morgan fingerprint density at radius 2 is 2.20 bits per heavy atom. The molecule has 0 unspecified atom stereocenters. The predicted octanol–water partition coefficient (Wildman–Crippen LogP) is 2.20. The minimum absolute atomic E-state index is 0.160. The molecule has 15 heavy (non-hydrogen) atoms. The van der Waals surface area contributed by atoms with E-state index in [0.29, 0.717) is 24.3 Å². The molecule has 1 aliphatic heterocycles. The molecule has 74 valence electrons. The number of rotatable bonds is 0. The minimum atomic E-state index is 0.160. The van der Waals surface area contributed by atoms with Gasteiger partial charge in [0.05, 0.1) is 12.2 Å². The zero-order valence-electron chi connectivity index (χ0n) is 8.06. The van der Waals surface area contributed by atoms with E-state index in [0.717, 1.165) is 10.8 Å². The second-order valence-corrected chi connectivity index (χ2v) is 3.56. The SMILES string of the molecule is O=C1CCOc2ccc3cnccc3c21. The van der Waals surface area contributed by atoms with Crippen LogP contribution in [0.2, 0.25) is 0 Å². The van der Waals surface area contributed by atoms with Gasteiger partial charge in [-0.15, -0.1) is 0 Å². The summed E-state index contributed by atoms with van der Waals surface area (Å²) in [5, 5.41) is 1.92. The van der Waals surface area contributed by atoms with E-state index >= 15 is 0 Å². The Bertz CT molecular complexity index is 548. The Morgan fingerprint density at radius 1 is 1.27 bits per heavy atom. The number of hydrogen-bond donors (Lipinski definition) is 0. The summed E-state index contributed by atoms with van der Waals surface area (Å²) in [6, 6.07) is 5.64. The Labute approximate surface area is 86.7 Å². The van der Waals surface area contributed by atoms with Crippen LogP contribution in [0.1, 0.15) is 16.8 Å². The summed E-state index contributed by atoms with van der Waals surface area (Å²) in [5.41, 5.74) is 0.709. The number of fused-ring (bicyclic) bond motifs is 3. The van der Waals surface area contributed by atoms with Crippen molar-refractivity contribution in [2.75, 3.05) is 6.61 Å². The Morgan fingerprint density at radius 3 is 3.13 bits per heavy atom. The van der Waals surface area contributed by atoms with Gasteiger partial charge in [0, 0.05) is 24.2 Å². The minimum Gasteiger partial charge on any atom is -0.492 e. The van der Waals surface area contributed by atoms with Crippen molar-refractivity contribution in [3.8, 4) is 5.75 Å². The summed E-state index contributed by atoms with van der Waals surface area (Å²) in [7, 11) is 0. The maximum atomic E-state index is 11.8. The molecule has 0 spiro atoms. The van der Waals surface area contributed by atoms with Gasteiger partial charge >= 0.3 is 0 Å². The van der Waals surface area contributed by atoms with Gasteiger partial charge in [0.1, 0.15) is 5.75 Å². The van der Waals surface area contributed by atoms with E-state index in [1.807, 2.05) is 18.2 Å². The Balaban J connectivity index is 2.40. The quantitative estimate of drug-likeness (QED) is 0.653. The average Bonchev–Trinajstić information content (AvgIpc) is 2.29. The molecule has 1 aromatic heterocycles. The van der Waals surface area contributed by atoms with Crippen molar-refractivity contribution in [1.82, 2.24) is 4.98 Å². The first-order valence-corrected chi connectivity index (χ1v) is 4.89. The second-order valence-electron chi connectivity index (χ2n) is 3.56. The van der Waals surface area contributed by atoms with Crippen LogP contribution in [0.15, 0.2) is 30.6 Å². The van der Waals surface area contributed by atoms with E-state index in [-0.39, 0.29) is 5.78 Å². The van der Waals surface area contributed by atoms with E-state index in [1.54, 1.807) is 12.4 Å². The lowest BCUT2D eigenvalue weighted by Crippen LogP contribution is -2.15. The van der Waals surface area contributed by atoms with Crippen molar-refractivity contribution in [2.24, 2.45) is 0 Å². The fourth-order valence-corrected chi connectivity index (χ4v) is 1.94. The van der Waals surface area contributed by atoms with Crippen LogP contribution in [0, 0.1) is 0 Å². The fraction of sp³-hybridized carbons (Fsp3) is 0.167. The first-order valence-electron chi connectivity index (χ1n) is 4.89. The van der Waals surface area contributed by atoms with Gasteiger partial charge in [-0.3, -0.25) is 9.78 Å². The summed E-state index contributed by atoms with van der Waals surface area (Å²) in [6.45, 7) is 0.489. The highest BCUT2D eigenvalue weighted by atomic mass is 16.5. The summed E-state index contributed by atoms with van der Waals surface area (Å²) >= 11 is 0. The van der Waals surface area contributed by atoms with Gasteiger partial charge < -0.3 is 4.74 Å². The summed E-state index contributed by atoms with van der Waals surface area (Å²) in [6.07, 6.45) is 3.93. The third-order valence-corrected chi connectivity index (χ3v) is 2.65. The molecular formula is C12H9NO2. The standard InChI is InChI=1S/C12H9NO2/c14-10-4-6-15-11-2-1-8-7-13-5-3-9(8)12(10)11/h1-3,5,7H,4,6H2. The molecular weight excluding hydrogens is 190 g/mol. The molecule has 0 atom stereocenters. The number of ketones is 1. The molecule has 0 aliphatic carbocycles. The maximum absolute atomic E-state index is 11.8. The predicted molar refractivity (Wildman–Crippen MR) is 56.2 cm³/mol. The van der Waals surface area contributed by atoms with Gasteiger partial charge in [0.2, 0.25) is 0 Å². The van der Waals surface area contributed by atoms with Crippen molar-refractivity contribution in [2.45, 2.75) is 6.42 Å². The van der Waals surface area contributed by atoms with Gasteiger partial charge in [0.15, 0.2) is 5.78 Å². The van der Waals surface area contributed by atoms with Crippen LogP contribution in [0.3, 0.4) is 0 Å². The van der Waals surface area contributed by atoms with Gasteiger partial charge in [-0.2, -0.15) is 0 Å². The fourth-order valence-electron chi connectivity index (χ4n) is 1.94. The lowest BCUT2D eigenvalue weighted by Gasteiger charge is -2.17. The van der Waals surface area contributed by atoms with E-state index in [9.17, 15) is 4.79 Å². The number of Topliss-reactive ketones (excluding diaryl/α,β-unsaturated/α-hetero) is 1. The van der Waals surface area contributed by atoms with E-state index in [2.05, 4.69) is 4.98 Å². The number of ether oxygens (including phenoxy) is 1. The summed E-state index contributed by atoms with van der Waals surface area (Å²) in [5.74, 6) is 0.859. The highest BCUT2D eigenvalue weighted by Crippen LogP contribution is 2.31. The molecule has 1 aliphatic rings. The van der Waals surface area contributed by atoms with Crippen LogP contribution < -0.4 is 4.74 Å². The van der Waals surface area contributed by atoms with Crippen LogP contribution in [0.4, 0.5) is 0 Å². The third kappa shape index (κ3) is 1.20. The monoisotopic (exact) mass is 199 g/mol. The van der Waals surface area contributed by atoms with Crippen molar-refractivity contribution in [3.05, 3.63) is 36.2 Å². The average molecular weight is 199 g/mol. The van der Waals surface area contributed by atoms with Gasteiger partial charge in [-0.25, -0.2) is 0 Å². The van der Waals surface area contributed by atoms with Crippen LogP contribution in [0.5, 0.6) is 5.75 Å². The van der Waals surface area contributed by atoms with Crippen molar-refractivity contribution >= 4 is 16.6 Å². The lowest BCUT2D eigenvalue weighted by atomic mass is 9.99. The molecule has 3 rings (SSSR count).